The van der Waals surface area contributed by atoms with Gasteiger partial charge in [0.1, 0.15) is 5.75 Å². The zero-order valence-corrected chi connectivity index (χ0v) is 13.0. The number of hydrogen-bond donors (Lipinski definition) is 2. The number of nitrogen functional groups attached to an aromatic ring is 1. The van der Waals surface area contributed by atoms with Crippen LogP contribution >= 0.6 is 11.8 Å². The molecule has 0 aliphatic heterocycles. The van der Waals surface area contributed by atoms with E-state index in [1.807, 2.05) is 0 Å². The number of benzene rings is 1. The molecular formula is C14H20N2O4S. The van der Waals surface area contributed by atoms with Crippen LogP contribution in [-0.2, 0) is 14.3 Å². The fraction of sp³-hybridized carbons (Fsp3) is 0.429. The van der Waals surface area contributed by atoms with Crippen molar-refractivity contribution in [3.8, 4) is 5.75 Å². The van der Waals surface area contributed by atoms with E-state index in [0.717, 1.165) is 0 Å². The lowest BCUT2D eigenvalue weighted by molar-refractivity contribution is -0.140. The van der Waals surface area contributed by atoms with Gasteiger partial charge in [-0.3, -0.25) is 9.59 Å². The van der Waals surface area contributed by atoms with Gasteiger partial charge in [-0.2, -0.15) is 11.8 Å². The summed E-state index contributed by atoms with van der Waals surface area (Å²) in [6, 6.07) is 5.09. The zero-order chi connectivity index (χ0) is 15.7. The van der Waals surface area contributed by atoms with Crippen molar-refractivity contribution >= 4 is 35.0 Å². The second-order valence-corrected chi connectivity index (χ2v) is 5.41. The highest BCUT2D eigenvalue weighted by molar-refractivity contribution is 7.99. The van der Waals surface area contributed by atoms with Gasteiger partial charge in [-0.15, -0.1) is 0 Å². The minimum Gasteiger partial charge on any atom is -0.497 e. The van der Waals surface area contributed by atoms with Crippen LogP contribution in [0.25, 0.3) is 0 Å². The maximum Gasteiger partial charge on any atom is 0.306 e. The molecule has 21 heavy (non-hydrogen) atoms. The predicted molar refractivity (Wildman–Crippen MR) is 84.6 cm³/mol. The summed E-state index contributed by atoms with van der Waals surface area (Å²) in [5, 5.41) is 2.75. The molecule has 0 saturated heterocycles. The highest BCUT2D eigenvalue weighted by Crippen LogP contribution is 2.24. The number of amides is 1. The smallest absolute Gasteiger partial charge is 0.306 e. The predicted octanol–water partition coefficient (Wildman–Crippen LogP) is 1.90. The highest BCUT2D eigenvalue weighted by atomic mass is 32.2. The Morgan fingerprint density at radius 1 is 1.24 bits per heavy atom. The Kier molecular flexibility index (Phi) is 7.45. The number of ether oxygens (including phenoxy) is 2. The first-order valence-electron chi connectivity index (χ1n) is 6.44. The Labute approximate surface area is 128 Å². The Bertz CT molecular complexity index is 494. The molecule has 1 aromatic rings. The van der Waals surface area contributed by atoms with Crippen LogP contribution in [0.1, 0.15) is 12.8 Å². The van der Waals surface area contributed by atoms with Crippen LogP contribution in [0.15, 0.2) is 18.2 Å². The number of carbonyl (C=O) groups is 2. The fourth-order valence-electron chi connectivity index (χ4n) is 1.52. The van der Waals surface area contributed by atoms with E-state index >= 15 is 0 Å². The molecule has 0 bridgehead atoms. The molecule has 6 nitrogen and oxygen atoms in total. The van der Waals surface area contributed by atoms with Crippen molar-refractivity contribution in [3.05, 3.63) is 18.2 Å². The zero-order valence-electron chi connectivity index (χ0n) is 12.2. The van der Waals surface area contributed by atoms with Crippen molar-refractivity contribution in [1.82, 2.24) is 0 Å². The molecule has 1 aromatic carbocycles. The number of esters is 1. The highest BCUT2D eigenvalue weighted by Gasteiger charge is 2.07. The first-order chi connectivity index (χ1) is 10.1. The molecule has 0 aliphatic carbocycles. The normalized spacial score (nSPS) is 10.0. The van der Waals surface area contributed by atoms with Gasteiger partial charge in [0, 0.05) is 24.0 Å². The van der Waals surface area contributed by atoms with Crippen LogP contribution in [0.4, 0.5) is 11.4 Å². The van der Waals surface area contributed by atoms with E-state index in [4.69, 9.17) is 10.5 Å². The van der Waals surface area contributed by atoms with Gasteiger partial charge in [0.05, 0.1) is 32.0 Å². The average Bonchev–Trinajstić information content (AvgIpc) is 2.48. The third-order valence-corrected chi connectivity index (χ3v) is 3.67. The van der Waals surface area contributed by atoms with Crippen LogP contribution in [-0.4, -0.2) is 37.6 Å². The summed E-state index contributed by atoms with van der Waals surface area (Å²) >= 11 is 1.53. The van der Waals surface area contributed by atoms with Crippen molar-refractivity contribution in [1.29, 1.82) is 0 Å². The second-order valence-electron chi connectivity index (χ2n) is 4.19. The SMILES string of the molecule is COC(=O)CCSCCC(=O)Nc1ccc(OC)cc1N. The van der Waals surface area contributed by atoms with E-state index in [9.17, 15) is 9.59 Å². The van der Waals surface area contributed by atoms with Crippen LogP contribution < -0.4 is 15.8 Å². The van der Waals surface area contributed by atoms with Gasteiger partial charge in [-0.05, 0) is 12.1 Å². The molecule has 0 aliphatic rings. The minimum atomic E-state index is -0.238. The van der Waals surface area contributed by atoms with E-state index in [1.54, 1.807) is 25.3 Å². The Morgan fingerprint density at radius 3 is 2.57 bits per heavy atom. The number of nitrogens with one attached hydrogen (secondary N) is 1. The topological polar surface area (TPSA) is 90.7 Å². The van der Waals surface area contributed by atoms with E-state index < -0.39 is 0 Å². The monoisotopic (exact) mass is 312 g/mol. The molecule has 0 aromatic heterocycles. The van der Waals surface area contributed by atoms with Gasteiger partial charge < -0.3 is 20.5 Å². The maximum atomic E-state index is 11.8. The molecule has 3 N–H and O–H groups in total. The molecule has 0 atom stereocenters. The third-order valence-electron chi connectivity index (χ3n) is 2.68. The Morgan fingerprint density at radius 2 is 1.95 bits per heavy atom. The van der Waals surface area contributed by atoms with Gasteiger partial charge in [0.25, 0.3) is 0 Å². The molecule has 0 radical (unpaired) electrons. The minimum absolute atomic E-state index is 0.113. The Hall–Kier alpha value is -1.89. The molecule has 0 fully saturated rings. The first kappa shape index (κ1) is 17.2. The number of thioether (sulfide) groups is 1. The van der Waals surface area contributed by atoms with Crippen LogP contribution in [0.3, 0.4) is 0 Å². The van der Waals surface area contributed by atoms with E-state index in [-0.39, 0.29) is 11.9 Å². The molecule has 1 rings (SSSR count). The molecule has 7 heteroatoms. The molecule has 0 saturated carbocycles. The lowest BCUT2D eigenvalue weighted by Gasteiger charge is -2.09. The van der Waals surface area contributed by atoms with Crippen LogP contribution in [0.2, 0.25) is 0 Å². The lowest BCUT2D eigenvalue weighted by Crippen LogP contribution is -2.13. The number of nitrogens with two attached hydrogens (primary N) is 1. The van der Waals surface area contributed by atoms with Crippen LogP contribution in [0.5, 0.6) is 5.75 Å². The van der Waals surface area contributed by atoms with Gasteiger partial charge >= 0.3 is 5.97 Å². The summed E-state index contributed by atoms with van der Waals surface area (Å²) in [4.78, 5) is 22.7. The molecule has 1 amide bonds. The van der Waals surface area contributed by atoms with Crippen molar-refractivity contribution in [2.24, 2.45) is 0 Å². The first-order valence-corrected chi connectivity index (χ1v) is 7.60. The summed E-state index contributed by atoms with van der Waals surface area (Å²) < 4.78 is 9.57. The van der Waals surface area contributed by atoms with Gasteiger partial charge in [0.15, 0.2) is 0 Å². The summed E-state index contributed by atoms with van der Waals surface area (Å²) in [7, 11) is 2.91. The number of carbonyl (C=O) groups excluding carboxylic acids is 2. The standard InChI is InChI=1S/C14H20N2O4S/c1-19-10-3-4-12(11(15)9-10)16-13(17)5-7-21-8-6-14(18)20-2/h3-4,9H,5-8,15H2,1-2H3,(H,16,17). The summed E-state index contributed by atoms with van der Waals surface area (Å²) in [6.07, 6.45) is 0.714. The third kappa shape index (κ3) is 6.40. The molecular weight excluding hydrogens is 292 g/mol. The molecule has 0 unspecified atom stereocenters. The summed E-state index contributed by atoms with van der Waals surface area (Å²) in [5.74, 6) is 1.57. The van der Waals surface area contributed by atoms with Crippen molar-refractivity contribution in [2.45, 2.75) is 12.8 Å². The van der Waals surface area contributed by atoms with Crippen molar-refractivity contribution in [2.75, 3.05) is 36.8 Å². The molecule has 0 spiro atoms. The van der Waals surface area contributed by atoms with Crippen LogP contribution in [0, 0.1) is 0 Å². The summed E-state index contributed by atoms with van der Waals surface area (Å²) in [5.41, 5.74) is 6.85. The average molecular weight is 312 g/mol. The van der Waals surface area contributed by atoms with Crippen molar-refractivity contribution in [3.63, 3.8) is 0 Å². The fourth-order valence-corrected chi connectivity index (χ4v) is 2.36. The summed E-state index contributed by atoms with van der Waals surface area (Å²) in [6.45, 7) is 0. The Balaban J connectivity index is 2.29. The molecule has 116 valence electrons. The number of anilines is 2. The molecule has 0 heterocycles. The van der Waals surface area contributed by atoms with E-state index in [0.29, 0.717) is 41.5 Å². The second kappa shape index (κ2) is 9.12. The number of methoxy groups -OCH3 is 2. The number of hydrogen-bond acceptors (Lipinski definition) is 6. The van der Waals surface area contributed by atoms with E-state index in [1.165, 1.54) is 18.9 Å². The van der Waals surface area contributed by atoms with Gasteiger partial charge in [0.2, 0.25) is 5.91 Å². The lowest BCUT2D eigenvalue weighted by atomic mass is 10.2. The van der Waals surface area contributed by atoms with Gasteiger partial charge in [-0.25, -0.2) is 0 Å². The maximum absolute atomic E-state index is 11.8. The van der Waals surface area contributed by atoms with Gasteiger partial charge in [-0.1, -0.05) is 0 Å². The van der Waals surface area contributed by atoms with E-state index in [2.05, 4.69) is 10.1 Å². The van der Waals surface area contributed by atoms with Crippen molar-refractivity contribution < 1.29 is 19.1 Å². The quantitative estimate of drug-likeness (QED) is 0.433. The number of rotatable bonds is 8. The largest absolute Gasteiger partial charge is 0.497 e.